The number of urea groups is 1. The Morgan fingerprint density at radius 2 is 2.21 bits per heavy atom. The standard InChI is InChI=1S/C10H14N2O2/c1-3-7-4-5-9(13)8(6-7)12-10(14)11-2/h4-6,13H,3H2,1-2H3,(H2,11,12,14). The van der Waals surface area contributed by atoms with Gasteiger partial charge < -0.3 is 15.7 Å². The summed E-state index contributed by atoms with van der Waals surface area (Å²) in [5.41, 5.74) is 1.50. The molecule has 0 atom stereocenters. The van der Waals surface area contributed by atoms with Gasteiger partial charge in [0.15, 0.2) is 0 Å². The summed E-state index contributed by atoms with van der Waals surface area (Å²) in [5, 5.41) is 14.4. The molecule has 1 aromatic carbocycles. The van der Waals surface area contributed by atoms with Gasteiger partial charge >= 0.3 is 6.03 Å². The summed E-state index contributed by atoms with van der Waals surface area (Å²) in [5.74, 6) is 0.0748. The molecule has 0 bridgehead atoms. The second kappa shape index (κ2) is 4.50. The SMILES string of the molecule is CCc1ccc(O)c(NC(=O)NC)c1. The van der Waals surface area contributed by atoms with E-state index in [1.807, 2.05) is 13.0 Å². The van der Waals surface area contributed by atoms with Gasteiger partial charge in [-0.05, 0) is 24.1 Å². The molecule has 4 nitrogen and oxygen atoms in total. The third-order valence-electron chi connectivity index (χ3n) is 1.94. The Hall–Kier alpha value is -1.71. The first-order valence-electron chi connectivity index (χ1n) is 4.48. The Balaban J connectivity index is 2.89. The summed E-state index contributed by atoms with van der Waals surface area (Å²) in [7, 11) is 1.52. The second-order valence-electron chi connectivity index (χ2n) is 2.91. The Morgan fingerprint density at radius 1 is 1.50 bits per heavy atom. The molecule has 1 rings (SSSR count). The molecule has 0 heterocycles. The maximum absolute atomic E-state index is 11.0. The highest BCUT2D eigenvalue weighted by molar-refractivity contribution is 5.90. The van der Waals surface area contributed by atoms with Crippen molar-refractivity contribution >= 4 is 11.7 Å². The van der Waals surface area contributed by atoms with Crippen molar-refractivity contribution in [2.24, 2.45) is 0 Å². The predicted molar refractivity (Wildman–Crippen MR) is 55.6 cm³/mol. The third-order valence-corrected chi connectivity index (χ3v) is 1.94. The van der Waals surface area contributed by atoms with Gasteiger partial charge in [0, 0.05) is 7.05 Å². The Bertz CT molecular complexity index is 337. The van der Waals surface area contributed by atoms with Gasteiger partial charge in [-0.2, -0.15) is 0 Å². The number of nitrogens with one attached hydrogen (secondary N) is 2. The van der Waals surface area contributed by atoms with E-state index in [1.165, 1.54) is 7.05 Å². The fourth-order valence-corrected chi connectivity index (χ4v) is 1.09. The van der Waals surface area contributed by atoms with Crippen LogP contribution < -0.4 is 10.6 Å². The van der Waals surface area contributed by atoms with Gasteiger partial charge in [-0.3, -0.25) is 0 Å². The van der Waals surface area contributed by atoms with Crippen molar-refractivity contribution < 1.29 is 9.90 Å². The van der Waals surface area contributed by atoms with E-state index >= 15 is 0 Å². The van der Waals surface area contributed by atoms with Crippen LogP contribution in [0.15, 0.2) is 18.2 Å². The zero-order valence-electron chi connectivity index (χ0n) is 8.29. The van der Waals surface area contributed by atoms with E-state index < -0.39 is 0 Å². The molecule has 0 aliphatic carbocycles. The zero-order chi connectivity index (χ0) is 10.6. The smallest absolute Gasteiger partial charge is 0.319 e. The van der Waals surface area contributed by atoms with Gasteiger partial charge in [-0.15, -0.1) is 0 Å². The van der Waals surface area contributed by atoms with Crippen LogP contribution >= 0.6 is 0 Å². The number of rotatable bonds is 2. The first-order chi connectivity index (χ1) is 6.67. The van der Waals surface area contributed by atoms with Gasteiger partial charge in [-0.1, -0.05) is 13.0 Å². The van der Waals surface area contributed by atoms with Crippen LogP contribution in [0.25, 0.3) is 0 Å². The molecule has 2 amide bonds. The molecule has 4 heteroatoms. The van der Waals surface area contributed by atoms with Gasteiger partial charge in [-0.25, -0.2) is 4.79 Å². The minimum Gasteiger partial charge on any atom is -0.506 e. The van der Waals surface area contributed by atoms with Crippen molar-refractivity contribution in [3.05, 3.63) is 23.8 Å². The number of carbonyl (C=O) groups excluding carboxylic acids is 1. The molecule has 0 aliphatic heterocycles. The van der Waals surface area contributed by atoms with Gasteiger partial charge in [0.2, 0.25) is 0 Å². The minimum absolute atomic E-state index is 0.0748. The van der Waals surface area contributed by atoms with Crippen molar-refractivity contribution in [3.63, 3.8) is 0 Å². The third kappa shape index (κ3) is 2.39. The number of hydrogen-bond donors (Lipinski definition) is 3. The highest BCUT2D eigenvalue weighted by atomic mass is 16.3. The van der Waals surface area contributed by atoms with Crippen LogP contribution in [0.3, 0.4) is 0 Å². The fraction of sp³-hybridized carbons (Fsp3) is 0.300. The molecular weight excluding hydrogens is 180 g/mol. The topological polar surface area (TPSA) is 61.4 Å². The number of benzene rings is 1. The van der Waals surface area contributed by atoms with Crippen molar-refractivity contribution in [1.29, 1.82) is 0 Å². The van der Waals surface area contributed by atoms with Crippen molar-refractivity contribution in [2.75, 3.05) is 12.4 Å². The molecular formula is C10H14N2O2. The van der Waals surface area contributed by atoms with E-state index in [1.54, 1.807) is 12.1 Å². The molecule has 3 N–H and O–H groups in total. The van der Waals surface area contributed by atoms with Crippen LogP contribution in [0.5, 0.6) is 5.75 Å². The molecule has 0 spiro atoms. The van der Waals surface area contributed by atoms with Gasteiger partial charge in [0.25, 0.3) is 0 Å². The molecule has 76 valence electrons. The van der Waals surface area contributed by atoms with E-state index in [9.17, 15) is 9.90 Å². The van der Waals surface area contributed by atoms with Gasteiger partial charge in [0.1, 0.15) is 5.75 Å². The maximum atomic E-state index is 11.0. The second-order valence-corrected chi connectivity index (χ2v) is 2.91. The summed E-state index contributed by atoms with van der Waals surface area (Å²) in [6.45, 7) is 2.01. The van der Waals surface area contributed by atoms with Crippen LogP contribution in [0.2, 0.25) is 0 Å². The highest BCUT2D eigenvalue weighted by Crippen LogP contribution is 2.24. The molecule has 0 aromatic heterocycles. The van der Waals surface area contributed by atoms with E-state index in [0.717, 1.165) is 12.0 Å². The summed E-state index contributed by atoms with van der Waals surface area (Å²) >= 11 is 0. The molecule has 0 saturated carbocycles. The number of amides is 2. The molecule has 1 aromatic rings. The summed E-state index contributed by atoms with van der Waals surface area (Å²) in [6.07, 6.45) is 0.864. The van der Waals surface area contributed by atoms with Crippen molar-refractivity contribution in [1.82, 2.24) is 5.32 Å². The number of phenolic OH excluding ortho intramolecular Hbond substituents is 1. The summed E-state index contributed by atoms with van der Waals surface area (Å²) < 4.78 is 0. The lowest BCUT2D eigenvalue weighted by Gasteiger charge is -2.07. The predicted octanol–water partition coefficient (Wildman–Crippen LogP) is 1.71. The molecule has 0 aliphatic rings. The molecule has 0 unspecified atom stereocenters. The largest absolute Gasteiger partial charge is 0.506 e. The summed E-state index contributed by atoms with van der Waals surface area (Å²) in [4.78, 5) is 11.0. The lowest BCUT2D eigenvalue weighted by Crippen LogP contribution is -2.24. The first-order valence-corrected chi connectivity index (χ1v) is 4.48. The average Bonchev–Trinajstić information content (AvgIpc) is 2.21. The van der Waals surface area contributed by atoms with E-state index in [4.69, 9.17) is 0 Å². The number of hydrogen-bond acceptors (Lipinski definition) is 2. The normalized spacial score (nSPS) is 9.57. The zero-order valence-corrected chi connectivity index (χ0v) is 8.29. The number of aromatic hydroxyl groups is 1. The molecule has 0 saturated heterocycles. The maximum Gasteiger partial charge on any atom is 0.319 e. The van der Waals surface area contributed by atoms with Crippen molar-refractivity contribution in [2.45, 2.75) is 13.3 Å². The molecule has 0 radical (unpaired) electrons. The fourth-order valence-electron chi connectivity index (χ4n) is 1.09. The monoisotopic (exact) mass is 194 g/mol. The van der Waals surface area contributed by atoms with Crippen LogP contribution in [-0.2, 0) is 6.42 Å². The van der Waals surface area contributed by atoms with E-state index in [2.05, 4.69) is 10.6 Å². The average molecular weight is 194 g/mol. The molecule has 0 fully saturated rings. The highest BCUT2D eigenvalue weighted by Gasteiger charge is 2.04. The Labute approximate surface area is 82.9 Å². The van der Waals surface area contributed by atoms with E-state index in [0.29, 0.717) is 5.69 Å². The quantitative estimate of drug-likeness (QED) is 0.627. The van der Waals surface area contributed by atoms with Crippen LogP contribution in [0.4, 0.5) is 10.5 Å². The molecule has 14 heavy (non-hydrogen) atoms. The van der Waals surface area contributed by atoms with Crippen LogP contribution in [0, 0.1) is 0 Å². The van der Waals surface area contributed by atoms with Crippen molar-refractivity contribution in [3.8, 4) is 5.75 Å². The Morgan fingerprint density at radius 3 is 2.79 bits per heavy atom. The number of carbonyl (C=O) groups is 1. The summed E-state index contributed by atoms with van der Waals surface area (Å²) in [6, 6.07) is 4.81. The number of anilines is 1. The van der Waals surface area contributed by atoms with Crippen LogP contribution in [0.1, 0.15) is 12.5 Å². The minimum atomic E-state index is -0.339. The Kier molecular flexibility index (Phi) is 3.34. The number of aryl methyl sites for hydroxylation is 1. The number of phenols is 1. The lowest BCUT2D eigenvalue weighted by molar-refractivity contribution is 0.254. The van der Waals surface area contributed by atoms with Crippen LogP contribution in [-0.4, -0.2) is 18.2 Å². The first kappa shape index (κ1) is 10.4. The van der Waals surface area contributed by atoms with Gasteiger partial charge in [0.05, 0.1) is 5.69 Å². The lowest BCUT2D eigenvalue weighted by atomic mass is 10.1. The van der Waals surface area contributed by atoms with E-state index in [-0.39, 0.29) is 11.8 Å².